The number of carbonyl (C=O) groups excluding carboxylic acids is 1. The summed E-state index contributed by atoms with van der Waals surface area (Å²) in [5, 5.41) is 0. The van der Waals surface area contributed by atoms with Gasteiger partial charge in [-0.3, -0.25) is 5.43 Å². The van der Waals surface area contributed by atoms with Crippen LogP contribution >= 0.6 is 0 Å². The predicted molar refractivity (Wildman–Crippen MR) is 59.5 cm³/mol. The van der Waals surface area contributed by atoms with Gasteiger partial charge in [0.2, 0.25) is 0 Å². The largest absolute Gasteiger partial charge is 0.448 e. The Balaban J connectivity index is 2.17. The third-order valence-corrected chi connectivity index (χ3v) is 1.81. The normalized spacial score (nSPS) is 9.40. The number of nitrogens with one attached hydrogen (secondary N) is 2. The lowest BCUT2D eigenvalue weighted by atomic mass is 10.3. The zero-order valence-corrected chi connectivity index (χ0v) is 8.82. The van der Waals surface area contributed by atoms with Gasteiger partial charge in [0, 0.05) is 0 Å². The van der Waals surface area contributed by atoms with Gasteiger partial charge < -0.3 is 4.74 Å². The number of anilines is 1. The van der Waals surface area contributed by atoms with Crippen LogP contribution in [0.3, 0.4) is 0 Å². The van der Waals surface area contributed by atoms with Gasteiger partial charge in [0.1, 0.15) is 0 Å². The van der Waals surface area contributed by atoms with Crippen LogP contribution in [-0.4, -0.2) is 12.7 Å². The van der Waals surface area contributed by atoms with E-state index in [-0.39, 0.29) is 0 Å². The summed E-state index contributed by atoms with van der Waals surface area (Å²) in [5.41, 5.74) is 6.02. The van der Waals surface area contributed by atoms with Crippen molar-refractivity contribution in [2.75, 3.05) is 12.0 Å². The predicted octanol–water partition coefficient (Wildman–Crippen LogP) is 2.54. The van der Waals surface area contributed by atoms with Crippen molar-refractivity contribution in [3.05, 3.63) is 30.3 Å². The van der Waals surface area contributed by atoms with Crippen LogP contribution in [0.1, 0.15) is 19.8 Å². The van der Waals surface area contributed by atoms with Crippen molar-refractivity contribution in [2.45, 2.75) is 19.8 Å². The lowest BCUT2D eigenvalue weighted by molar-refractivity contribution is 0.147. The summed E-state index contributed by atoms with van der Waals surface area (Å²) in [7, 11) is 0. The van der Waals surface area contributed by atoms with E-state index in [0.29, 0.717) is 6.61 Å². The lowest BCUT2D eigenvalue weighted by Crippen LogP contribution is -2.30. The molecule has 1 aromatic carbocycles. The van der Waals surface area contributed by atoms with E-state index in [2.05, 4.69) is 10.9 Å². The molecule has 0 saturated heterocycles. The summed E-state index contributed by atoms with van der Waals surface area (Å²) in [6.07, 6.45) is 1.45. The highest BCUT2D eigenvalue weighted by molar-refractivity contribution is 5.69. The Hall–Kier alpha value is -1.71. The van der Waals surface area contributed by atoms with Crippen LogP contribution in [-0.2, 0) is 4.74 Å². The Morgan fingerprint density at radius 3 is 2.73 bits per heavy atom. The minimum atomic E-state index is -0.452. The highest BCUT2D eigenvalue weighted by atomic mass is 16.6. The molecule has 0 fully saturated rings. The molecule has 0 saturated carbocycles. The highest BCUT2D eigenvalue weighted by Crippen LogP contribution is 2.02. The molecule has 0 heterocycles. The van der Waals surface area contributed by atoms with Crippen molar-refractivity contribution in [1.29, 1.82) is 0 Å². The molecule has 0 radical (unpaired) electrons. The molecule has 82 valence electrons. The van der Waals surface area contributed by atoms with Crippen molar-refractivity contribution in [1.82, 2.24) is 5.43 Å². The summed E-state index contributed by atoms with van der Waals surface area (Å²) in [6, 6.07) is 9.38. The van der Waals surface area contributed by atoms with Crippen LogP contribution in [0.4, 0.5) is 10.5 Å². The lowest BCUT2D eigenvalue weighted by Gasteiger charge is -2.08. The van der Waals surface area contributed by atoms with Crippen molar-refractivity contribution in [3.63, 3.8) is 0 Å². The van der Waals surface area contributed by atoms with Crippen LogP contribution in [0.25, 0.3) is 0 Å². The molecular formula is C11H16N2O2. The van der Waals surface area contributed by atoms with Gasteiger partial charge in [-0.05, 0) is 18.6 Å². The summed E-state index contributed by atoms with van der Waals surface area (Å²) in [4.78, 5) is 11.1. The van der Waals surface area contributed by atoms with Gasteiger partial charge in [-0.2, -0.15) is 0 Å². The van der Waals surface area contributed by atoms with E-state index in [1.807, 2.05) is 37.3 Å². The first kappa shape index (κ1) is 11.4. The van der Waals surface area contributed by atoms with E-state index in [4.69, 9.17) is 4.74 Å². The minimum absolute atomic E-state index is 0.452. The topological polar surface area (TPSA) is 50.4 Å². The first-order chi connectivity index (χ1) is 7.33. The Kier molecular flexibility index (Phi) is 5.08. The molecule has 0 atom stereocenters. The zero-order valence-electron chi connectivity index (χ0n) is 8.82. The van der Waals surface area contributed by atoms with E-state index >= 15 is 0 Å². The number of ether oxygens (including phenoxy) is 1. The Morgan fingerprint density at radius 1 is 1.33 bits per heavy atom. The molecule has 0 unspecified atom stereocenters. The molecule has 0 aliphatic carbocycles. The molecule has 2 N–H and O–H groups in total. The number of amides is 1. The van der Waals surface area contributed by atoms with Crippen LogP contribution in [0.5, 0.6) is 0 Å². The van der Waals surface area contributed by atoms with Crippen LogP contribution in [0, 0.1) is 0 Å². The molecule has 1 amide bonds. The van der Waals surface area contributed by atoms with E-state index in [9.17, 15) is 4.79 Å². The highest BCUT2D eigenvalue weighted by Gasteiger charge is 1.99. The van der Waals surface area contributed by atoms with E-state index in [0.717, 1.165) is 18.5 Å². The average Bonchev–Trinajstić information content (AvgIpc) is 2.28. The van der Waals surface area contributed by atoms with Crippen molar-refractivity contribution < 1.29 is 9.53 Å². The smallest absolute Gasteiger partial charge is 0.425 e. The van der Waals surface area contributed by atoms with Gasteiger partial charge in [-0.25, -0.2) is 10.2 Å². The van der Waals surface area contributed by atoms with E-state index < -0.39 is 6.09 Å². The monoisotopic (exact) mass is 208 g/mol. The molecule has 1 aromatic rings. The average molecular weight is 208 g/mol. The summed E-state index contributed by atoms with van der Waals surface area (Å²) in [5.74, 6) is 0. The molecule has 15 heavy (non-hydrogen) atoms. The number of rotatable bonds is 5. The number of hydrazine groups is 1. The number of benzene rings is 1. The fourth-order valence-electron chi connectivity index (χ4n) is 0.990. The quantitative estimate of drug-likeness (QED) is 0.577. The maximum Gasteiger partial charge on any atom is 0.425 e. The maximum atomic E-state index is 11.1. The van der Waals surface area contributed by atoms with Crippen molar-refractivity contribution in [2.24, 2.45) is 0 Å². The molecule has 0 bridgehead atoms. The zero-order chi connectivity index (χ0) is 10.9. The summed E-state index contributed by atoms with van der Waals surface area (Å²) in [6.45, 7) is 2.50. The van der Waals surface area contributed by atoms with E-state index in [1.54, 1.807) is 0 Å². The Bertz CT molecular complexity index is 288. The second kappa shape index (κ2) is 6.70. The summed E-state index contributed by atoms with van der Waals surface area (Å²) >= 11 is 0. The van der Waals surface area contributed by atoms with Crippen molar-refractivity contribution in [3.8, 4) is 0 Å². The van der Waals surface area contributed by atoms with Crippen LogP contribution in [0.2, 0.25) is 0 Å². The third-order valence-electron chi connectivity index (χ3n) is 1.81. The van der Waals surface area contributed by atoms with Crippen LogP contribution in [0.15, 0.2) is 30.3 Å². The Morgan fingerprint density at radius 2 is 2.07 bits per heavy atom. The van der Waals surface area contributed by atoms with Gasteiger partial charge in [-0.1, -0.05) is 31.5 Å². The molecule has 0 spiro atoms. The number of unbranched alkanes of at least 4 members (excludes halogenated alkanes) is 1. The van der Waals surface area contributed by atoms with E-state index in [1.165, 1.54) is 0 Å². The molecule has 0 aromatic heterocycles. The molecule has 0 aliphatic heterocycles. The number of hydrogen-bond acceptors (Lipinski definition) is 3. The Labute approximate surface area is 89.6 Å². The van der Waals surface area contributed by atoms with Gasteiger partial charge in [0.05, 0.1) is 12.3 Å². The fourth-order valence-corrected chi connectivity index (χ4v) is 0.990. The standard InChI is InChI=1S/C11H16N2O2/c1-2-3-9-15-11(14)13-12-10-7-5-4-6-8-10/h4-8,12H,2-3,9H2,1H3,(H,13,14). The second-order valence-corrected chi connectivity index (χ2v) is 3.11. The van der Waals surface area contributed by atoms with Crippen molar-refractivity contribution >= 4 is 11.8 Å². The van der Waals surface area contributed by atoms with Gasteiger partial charge in [0.15, 0.2) is 0 Å². The van der Waals surface area contributed by atoms with Crippen LogP contribution < -0.4 is 10.9 Å². The number of hydrogen-bond donors (Lipinski definition) is 2. The summed E-state index contributed by atoms with van der Waals surface area (Å²) < 4.78 is 4.89. The molecule has 4 heteroatoms. The first-order valence-corrected chi connectivity index (χ1v) is 5.06. The SMILES string of the molecule is CCCCOC(=O)NNc1ccccc1. The fraction of sp³-hybridized carbons (Fsp3) is 0.364. The third kappa shape index (κ3) is 4.90. The molecular weight excluding hydrogens is 192 g/mol. The molecule has 1 rings (SSSR count). The minimum Gasteiger partial charge on any atom is -0.448 e. The van der Waals surface area contributed by atoms with Gasteiger partial charge >= 0.3 is 6.09 Å². The molecule has 4 nitrogen and oxygen atoms in total. The number of para-hydroxylation sites is 1. The number of carbonyl (C=O) groups is 1. The maximum absolute atomic E-state index is 11.1. The first-order valence-electron chi connectivity index (χ1n) is 5.06. The second-order valence-electron chi connectivity index (χ2n) is 3.11. The molecule has 0 aliphatic rings. The van der Waals surface area contributed by atoms with Gasteiger partial charge in [0.25, 0.3) is 0 Å². The van der Waals surface area contributed by atoms with Gasteiger partial charge in [-0.15, -0.1) is 0 Å².